The van der Waals surface area contributed by atoms with Crippen molar-refractivity contribution in [2.24, 2.45) is 5.92 Å². The van der Waals surface area contributed by atoms with E-state index in [0.717, 1.165) is 32.4 Å². The lowest BCUT2D eigenvalue weighted by molar-refractivity contribution is 0.0648. The van der Waals surface area contributed by atoms with Crippen LogP contribution >= 0.6 is 0 Å². The fraction of sp³-hybridized carbons (Fsp3) is 0.389. The number of furan rings is 1. The maximum atomic E-state index is 13.5. The predicted octanol–water partition coefficient (Wildman–Crippen LogP) is 3.74. The molecule has 3 rings (SSSR count). The van der Waals surface area contributed by atoms with Gasteiger partial charge in [0, 0.05) is 13.1 Å². The number of carbonyl (C=O) groups is 1. The molecule has 0 bridgehead atoms. The monoisotopic (exact) mass is 317 g/mol. The van der Waals surface area contributed by atoms with Crippen molar-refractivity contribution in [3.63, 3.8) is 0 Å². The Morgan fingerprint density at radius 1 is 1.22 bits per heavy atom. The molecule has 1 aliphatic heterocycles. The van der Waals surface area contributed by atoms with Crippen molar-refractivity contribution in [3.8, 4) is 5.75 Å². The highest BCUT2D eigenvalue weighted by atomic mass is 19.1. The summed E-state index contributed by atoms with van der Waals surface area (Å²) in [6.07, 6.45) is 4.26. The molecule has 4 nitrogen and oxygen atoms in total. The van der Waals surface area contributed by atoms with E-state index in [9.17, 15) is 9.18 Å². The number of benzene rings is 1. The smallest absolute Gasteiger partial charge is 0.289 e. The molecule has 1 aromatic carbocycles. The fourth-order valence-corrected chi connectivity index (χ4v) is 2.88. The Morgan fingerprint density at radius 2 is 2.00 bits per heavy atom. The van der Waals surface area contributed by atoms with Gasteiger partial charge in [0.05, 0.1) is 12.9 Å². The predicted molar refractivity (Wildman–Crippen MR) is 83.8 cm³/mol. The average molecular weight is 317 g/mol. The van der Waals surface area contributed by atoms with E-state index in [-0.39, 0.29) is 11.7 Å². The molecule has 23 heavy (non-hydrogen) atoms. The van der Waals surface area contributed by atoms with Crippen LogP contribution in [0.1, 0.15) is 29.8 Å². The van der Waals surface area contributed by atoms with E-state index in [4.69, 9.17) is 9.15 Å². The van der Waals surface area contributed by atoms with Crippen LogP contribution in [0, 0.1) is 11.7 Å². The van der Waals surface area contributed by atoms with E-state index in [2.05, 4.69) is 0 Å². The summed E-state index contributed by atoms with van der Waals surface area (Å²) in [6, 6.07) is 9.86. The van der Waals surface area contributed by atoms with E-state index in [1.165, 1.54) is 12.3 Å². The zero-order valence-electron chi connectivity index (χ0n) is 12.9. The molecular weight excluding hydrogens is 297 g/mol. The summed E-state index contributed by atoms with van der Waals surface area (Å²) in [5.41, 5.74) is 0. The van der Waals surface area contributed by atoms with Gasteiger partial charge in [0.1, 0.15) is 0 Å². The Labute approximate surface area is 134 Å². The van der Waals surface area contributed by atoms with Gasteiger partial charge in [-0.15, -0.1) is 0 Å². The highest BCUT2D eigenvalue weighted by molar-refractivity contribution is 5.91. The molecule has 2 heterocycles. The van der Waals surface area contributed by atoms with Gasteiger partial charge >= 0.3 is 0 Å². The molecule has 0 aliphatic carbocycles. The molecule has 1 fully saturated rings. The zero-order chi connectivity index (χ0) is 16.1. The molecule has 122 valence electrons. The minimum absolute atomic E-state index is 0.0453. The Morgan fingerprint density at radius 3 is 2.70 bits per heavy atom. The Hall–Kier alpha value is -2.30. The number of amides is 1. The largest absolute Gasteiger partial charge is 0.491 e. The quantitative estimate of drug-likeness (QED) is 0.843. The van der Waals surface area contributed by atoms with Gasteiger partial charge in [0.15, 0.2) is 17.3 Å². The number of para-hydroxylation sites is 1. The molecule has 0 atom stereocenters. The maximum absolute atomic E-state index is 13.5. The lowest BCUT2D eigenvalue weighted by Crippen LogP contribution is -2.38. The maximum Gasteiger partial charge on any atom is 0.289 e. The summed E-state index contributed by atoms with van der Waals surface area (Å²) in [4.78, 5) is 14.0. The van der Waals surface area contributed by atoms with Gasteiger partial charge in [0.2, 0.25) is 0 Å². The van der Waals surface area contributed by atoms with E-state index < -0.39 is 0 Å². The first kappa shape index (κ1) is 15.6. The Balaban J connectivity index is 1.41. The van der Waals surface area contributed by atoms with Crippen LogP contribution in [-0.2, 0) is 0 Å². The topological polar surface area (TPSA) is 42.7 Å². The number of carbonyl (C=O) groups excluding carboxylic acids is 1. The highest BCUT2D eigenvalue weighted by Gasteiger charge is 2.24. The van der Waals surface area contributed by atoms with Gasteiger partial charge in [-0.2, -0.15) is 0 Å². The van der Waals surface area contributed by atoms with E-state index in [1.807, 2.05) is 4.90 Å². The number of likely N-dealkylation sites (tertiary alicyclic amines) is 1. The lowest BCUT2D eigenvalue weighted by atomic mass is 9.94. The third kappa shape index (κ3) is 3.92. The minimum atomic E-state index is -0.327. The van der Waals surface area contributed by atoms with Crippen molar-refractivity contribution in [2.45, 2.75) is 19.3 Å². The molecule has 1 saturated heterocycles. The van der Waals surface area contributed by atoms with Crippen LogP contribution in [0.25, 0.3) is 0 Å². The van der Waals surface area contributed by atoms with Gasteiger partial charge in [-0.05, 0) is 49.4 Å². The molecule has 0 spiro atoms. The standard InChI is InChI=1S/C18H20FNO3/c19-15-4-1-2-5-16(15)23-13-9-14-7-10-20(11-8-14)18(21)17-6-3-12-22-17/h1-6,12,14H,7-11,13H2. The first-order valence-electron chi connectivity index (χ1n) is 7.94. The van der Waals surface area contributed by atoms with Crippen molar-refractivity contribution in [3.05, 3.63) is 54.2 Å². The molecule has 0 saturated carbocycles. The van der Waals surface area contributed by atoms with Crippen LogP contribution in [0.4, 0.5) is 4.39 Å². The fourth-order valence-electron chi connectivity index (χ4n) is 2.88. The van der Waals surface area contributed by atoms with Gasteiger partial charge < -0.3 is 14.1 Å². The van der Waals surface area contributed by atoms with Crippen LogP contribution in [-0.4, -0.2) is 30.5 Å². The van der Waals surface area contributed by atoms with Crippen molar-refractivity contribution in [1.29, 1.82) is 0 Å². The Bertz CT molecular complexity index is 633. The Kier molecular flexibility index (Phi) is 4.95. The molecule has 0 radical (unpaired) electrons. The molecule has 1 aliphatic rings. The van der Waals surface area contributed by atoms with Gasteiger partial charge in [-0.25, -0.2) is 4.39 Å². The van der Waals surface area contributed by atoms with Crippen molar-refractivity contribution < 1.29 is 18.3 Å². The molecule has 2 aromatic rings. The van der Waals surface area contributed by atoms with Crippen molar-refractivity contribution >= 4 is 5.91 Å². The normalized spacial score (nSPS) is 15.6. The molecule has 1 amide bonds. The molecule has 0 N–H and O–H groups in total. The first-order chi connectivity index (χ1) is 11.2. The van der Waals surface area contributed by atoms with Crippen LogP contribution in [0.5, 0.6) is 5.75 Å². The van der Waals surface area contributed by atoms with Crippen LogP contribution < -0.4 is 4.74 Å². The highest BCUT2D eigenvalue weighted by Crippen LogP contribution is 2.23. The summed E-state index contributed by atoms with van der Waals surface area (Å²) in [5, 5.41) is 0. The number of halogens is 1. The first-order valence-corrected chi connectivity index (χ1v) is 7.94. The minimum Gasteiger partial charge on any atom is -0.491 e. The molecule has 0 unspecified atom stereocenters. The van der Waals surface area contributed by atoms with Crippen LogP contribution in [0.15, 0.2) is 47.1 Å². The van der Waals surface area contributed by atoms with Gasteiger partial charge in [-0.3, -0.25) is 4.79 Å². The third-order valence-corrected chi connectivity index (χ3v) is 4.25. The van der Waals surface area contributed by atoms with Gasteiger partial charge in [0.25, 0.3) is 5.91 Å². The number of nitrogens with zero attached hydrogens (tertiary/aromatic N) is 1. The third-order valence-electron chi connectivity index (χ3n) is 4.25. The SMILES string of the molecule is O=C(c1ccco1)N1CCC(CCOc2ccccc2F)CC1. The van der Waals surface area contributed by atoms with E-state index >= 15 is 0 Å². The molecule has 5 heteroatoms. The van der Waals surface area contributed by atoms with Crippen molar-refractivity contribution in [2.75, 3.05) is 19.7 Å². The number of hydrogen-bond acceptors (Lipinski definition) is 3. The number of rotatable bonds is 5. The van der Waals surface area contributed by atoms with Gasteiger partial charge in [-0.1, -0.05) is 12.1 Å². The summed E-state index contributed by atoms with van der Waals surface area (Å²) in [5.74, 6) is 0.828. The molecule has 1 aromatic heterocycles. The number of hydrogen-bond donors (Lipinski definition) is 0. The van der Waals surface area contributed by atoms with E-state index in [0.29, 0.717) is 24.0 Å². The average Bonchev–Trinajstić information content (AvgIpc) is 3.11. The van der Waals surface area contributed by atoms with Crippen LogP contribution in [0.3, 0.4) is 0 Å². The summed E-state index contributed by atoms with van der Waals surface area (Å²) in [6.45, 7) is 1.95. The summed E-state index contributed by atoms with van der Waals surface area (Å²) >= 11 is 0. The van der Waals surface area contributed by atoms with E-state index in [1.54, 1.807) is 30.3 Å². The second-order valence-electron chi connectivity index (χ2n) is 5.78. The zero-order valence-corrected chi connectivity index (χ0v) is 12.9. The second kappa shape index (κ2) is 7.31. The summed E-state index contributed by atoms with van der Waals surface area (Å²) in [7, 11) is 0. The summed E-state index contributed by atoms with van der Waals surface area (Å²) < 4.78 is 24.1. The number of ether oxygens (including phenoxy) is 1. The number of piperidine rings is 1. The van der Waals surface area contributed by atoms with Crippen molar-refractivity contribution in [1.82, 2.24) is 4.90 Å². The van der Waals surface area contributed by atoms with Crippen LogP contribution in [0.2, 0.25) is 0 Å². The molecular formula is C18H20FNO3. The second-order valence-corrected chi connectivity index (χ2v) is 5.78. The lowest BCUT2D eigenvalue weighted by Gasteiger charge is -2.31.